The zero-order valence-corrected chi connectivity index (χ0v) is 9.89. The largest absolute Gasteiger partial charge is 0.508 e. The van der Waals surface area contributed by atoms with E-state index in [9.17, 15) is 0 Å². The van der Waals surface area contributed by atoms with E-state index < -0.39 is 0 Å². The second-order valence-corrected chi connectivity index (χ2v) is 4.19. The fraction of sp³-hybridized carbons (Fsp3) is 0.538. The van der Waals surface area contributed by atoms with E-state index in [1.54, 1.807) is 12.1 Å². The molecule has 1 rings (SSSR count). The Hall–Kier alpha value is -1.06. The van der Waals surface area contributed by atoms with E-state index in [2.05, 4.69) is 11.9 Å². The molecule has 0 aliphatic heterocycles. The van der Waals surface area contributed by atoms with Crippen molar-refractivity contribution >= 4 is 0 Å². The van der Waals surface area contributed by atoms with Crippen LogP contribution in [-0.2, 0) is 6.54 Å². The molecule has 0 bridgehead atoms. The Morgan fingerprint density at radius 3 is 2.38 bits per heavy atom. The summed E-state index contributed by atoms with van der Waals surface area (Å²) >= 11 is 0. The van der Waals surface area contributed by atoms with Gasteiger partial charge in [-0.3, -0.25) is 0 Å². The summed E-state index contributed by atoms with van der Waals surface area (Å²) < 4.78 is 0. The van der Waals surface area contributed by atoms with Crippen molar-refractivity contribution < 1.29 is 10.2 Å². The van der Waals surface area contributed by atoms with E-state index in [0.717, 1.165) is 32.4 Å². The third-order valence-corrected chi connectivity index (χ3v) is 2.59. The van der Waals surface area contributed by atoms with Crippen LogP contribution in [-0.4, -0.2) is 35.3 Å². The van der Waals surface area contributed by atoms with Crippen LogP contribution in [0.25, 0.3) is 0 Å². The maximum Gasteiger partial charge on any atom is 0.115 e. The van der Waals surface area contributed by atoms with Crippen LogP contribution in [0.5, 0.6) is 5.75 Å². The number of aliphatic hydroxyl groups excluding tert-OH is 1. The molecule has 0 amide bonds. The minimum atomic E-state index is 0.293. The normalized spacial score (nSPS) is 10.9. The Labute approximate surface area is 97.3 Å². The molecule has 0 saturated carbocycles. The van der Waals surface area contributed by atoms with Gasteiger partial charge in [0.1, 0.15) is 5.75 Å². The maximum atomic E-state index is 9.15. The second kappa shape index (κ2) is 7.25. The molecule has 0 fully saturated rings. The number of hydrogen-bond donors (Lipinski definition) is 2. The van der Waals surface area contributed by atoms with Gasteiger partial charge in [0.15, 0.2) is 0 Å². The fourth-order valence-corrected chi connectivity index (χ4v) is 1.66. The monoisotopic (exact) mass is 223 g/mol. The topological polar surface area (TPSA) is 43.7 Å². The summed E-state index contributed by atoms with van der Waals surface area (Å²) in [6.45, 7) is 2.24. The van der Waals surface area contributed by atoms with Crippen LogP contribution in [0.2, 0.25) is 0 Å². The summed E-state index contributed by atoms with van der Waals surface area (Å²) in [5.41, 5.74) is 1.21. The molecule has 2 N–H and O–H groups in total. The molecule has 0 aromatic heterocycles. The minimum absolute atomic E-state index is 0.293. The third-order valence-electron chi connectivity index (χ3n) is 2.59. The van der Waals surface area contributed by atoms with E-state index in [4.69, 9.17) is 10.2 Å². The molecule has 0 saturated heterocycles. The van der Waals surface area contributed by atoms with Gasteiger partial charge in [0.05, 0.1) is 0 Å². The molecule has 90 valence electrons. The molecule has 16 heavy (non-hydrogen) atoms. The first-order valence-electron chi connectivity index (χ1n) is 5.79. The lowest BCUT2D eigenvalue weighted by atomic mass is 10.2. The first-order valence-corrected chi connectivity index (χ1v) is 5.79. The highest BCUT2D eigenvalue weighted by Gasteiger charge is 2.00. The molecule has 0 atom stereocenters. The summed E-state index contributed by atoms with van der Waals surface area (Å²) in [6, 6.07) is 7.32. The van der Waals surface area contributed by atoms with Gasteiger partial charge in [0, 0.05) is 13.2 Å². The van der Waals surface area contributed by atoms with Crippen molar-refractivity contribution in [3.8, 4) is 5.75 Å². The lowest BCUT2D eigenvalue weighted by Gasteiger charge is -2.16. The van der Waals surface area contributed by atoms with Crippen molar-refractivity contribution in [1.82, 2.24) is 4.90 Å². The van der Waals surface area contributed by atoms with Gasteiger partial charge in [-0.2, -0.15) is 0 Å². The predicted molar refractivity (Wildman–Crippen MR) is 65.4 cm³/mol. The zero-order chi connectivity index (χ0) is 11.8. The summed E-state index contributed by atoms with van der Waals surface area (Å²) in [7, 11) is 2.09. The van der Waals surface area contributed by atoms with Gasteiger partial charge in [0.25, 0.3) is 0 Å². The smallest absolute Gasteiger partial charge is 0.115 e. The summed E-state index contributed by atoms with van der Waals surface area (Å²) in [5, 5.41) is 17.8. The molecular formula is C13H21NO2. The predicted octanol–water partition coefficient (Wildman–Crippen LogP) is 1.99. The molecule has 0 unspecified atom stereocenters. The highest BCUT2D eigenvalue weighted by molar-refractivity contribution is 5.25. The Kier molecular flexibility index (Phi) is 5.90. The van der Waals surface area contributed by atoms with Gasteiger partial charge >= 0.3 is 0 Å². The number of aliphatic hydroxyl groups is 1. The van der Waals surface area contributed by atoms with Gasteiger partial charge in [-0.15, -0.1) is 0 Å². The molecule has 1 aromatic carbocycles. The first-order chi connectivity index (χ1) is 7.72. The van der Waals surface area contributed by atoms with Gasteiger partial charge in [-0.1, -0.05) is 12.1 Å². The van der Waals surface area contributed by atoms with E-state index >= 15 is 0 Å². The van der Waals surface area contributed by atoms with Crippen molar-refractivity contribution in [3.05, 3.63) is 29.8 Å². The fourth-order valence-electron chi connectivity index (χ4n) is 1.66. The van der Waals surface area contributed by atoms with Gasteiger partial charge in [-0.05, 0) is 50.6 Å². The Morgan fingerprint density at radius 1 is 1.06 bits per heavy atom. The number of nitrogens with zero attached hydrogens (tertiary/aromatic N) is 1. The van der Waals surface area contributed by atoms with Gasteiger partial charge in [0.2, 0.25) is 0 Å². The molecule has 3 nitrogen and oxygen atoms in total. The number of phenols is 1. The minimum Gasteiger partial charge on any atom is -0.508 e. The van der Waals surface area contributed by atoms with E-state index in [0.29, 0.717) is 12.4 Å². The quantitative estimate of drug-likeness (QED) is 0.695. The summed E-state index contributed by atoms with van der Waals surface area (Å²) in [5.74, 6) is 0.314. The standard InChI is InChI=1S/C13H21NO2/c1-14(9-3-2-4-10-15)11-12-5-7-13(16)8-6-12/h5-8,15-16H,2-4,9-11H2,1H3. The van der Waals surface area contributed by atoms with Crippen LogP contribution in [0.4, 0.5) is 0 Å². The Balaban J connectivity index is 2.23. The van der Waals surface area contributed by atoms with Gasteiger partial charge in [-0.25, -0.2) is 0 Å². The average Bonchev–Trinajstić information content (AvgIpc) is 2.28. The van der Waals surface area contributed by atoms with E-state index in [-0.39, 0.29) is 0 Å². The van der Waals surface area contributed by atoms with Crippen LogP contribution in [0, 0.1) is 0 Å². The second-order valence-electron chi connectivity index (χ2n) is 4.19. The number of unbranched alkanes of at least 4 members (excludes halogenated alkanes) is 2. The number of phenolic OH excluding ortho intramolecular Hbond substituents is 1. The Bertz CT molecular complexity index is 284. The summed E-state index contributed by atoms with van der Waals surface area (Å²) in [6.07, 6.45) is 3.10. The molecule has 1 aromatic rings. The third kappa shape index (κ3) is 5.14. The molecular weight excluding hydrogens is 202 g/mol. The molecule has 0 spiro atoms. The van der Waals surface area contributed by atoms with Crippen molar-refractivity contribution in [2.24, 2.45) is 0 Å². The molecule has 0 aliphatic carbocycles. The maximum absolute atomic E-state index is 9.15. The Morgan fingerprint density at radius 2 is 1.75 bits per heavy atom. The number of hydrogen-bond acceptors (Lipinski definition) is 3. The van der Waals surface area contributed by atoms with Crippen molar-refractivity contribution in [3.63, 3.8) is 0 Å². The molecule has 0 radical (unpaired) electrons. The van der Waals surface area contributed by atoms with Crippen molar-refractivity contribution in [2.75, 3.05) is 20.2 Å². The van der Waals surface area contributed by atoms with Crippen LogP contribution in [0.1, 0.15) is 24.8 Å². The van der Waals surface area contributed by atoms with Crippen molar-refractivity contribution in [1.29, 1.82) is 0 Å². The number of aromatic hydroxyl groups is 1. The highest BCUT2D eigenvalue weighted by Crippen LogP contribution is 2.11. The lowest BCUT2D eigenvalue weighted by Crippen LogP contribution is -2.19. The lowest BCUT2D eigenvalue weighted by molar-refractivity contribution is 0.271. The zero-order valence-electron chi connectivity index (χ0n) is 9.89. The molecule has 0 aliphatic rings. The molecule has 0 heterocycles. The molecule has 3 heteroatoms. The van der Waals surface area contributed by atoms with Crippen molar-refractivity contribution in [2.45, 2.75) is 25.8 Å². The van der Waals surface area contributed by atoms with Crippen LogP contribution >= 0.6 is 0 Å². The average molecular weight is 223 g/mol. The highest BCUT2D eigenvalue weighted by atomic mass is 16.3. The van der Waals surface area contributed by atoms with Crippen LogP contribution in [0.3, 0.4) is 0 Å². The first kappa shape index (κ1) is 13.0. The number of benzene rings is 1. The van der Waals surface area contributed by atoms with E-state index in [1.165, 1.54) is 5.56 Å². The SMILES string of the molecule is CN(CCCCCO)Cc1ccc(O)cc1. The van der Waals surface area contributed by atoms with Crippen LogP contribution in [0.15, 0.2) is 24.3 Å². The van der Waals surface area contributed by atoms with E-state index in [1.807, 2.05) is 12.1 Å². The summed E-state index contributed by atoms with van der Waals surface area (Å²) in [4.78, 5) is 2.25. The number of rotatable bonds is 7. The van der Waals surface area contributed by atoms with Crippen LogP contribution < -0.4 is 0 Å². The van der Waals surface area contributed by atoms with Gasteiger partial charge < -0.3 is 15.1 Å².